The number of benzene rings is 11. The molecule has 0 aliphatic rings. The summed E-state index contributed by atoms with van der Waals surface area (Å²) in [5.41, 5.74) is 15.1. The standard InChI is InChI=1S/C74H44N8S/c1-3-18-46(19-4-1)71-76-72(78-74(77-71)82-63-31-15-10-25-54(63)56-40-39-55-53-24-9-14-30-62(53)80(68(55)69(56)82)48-20-5-2-6-21-48)47-36-34-45(35-37-47)50-27-17-33-65-67(50)58-26-11-16-32-64(58)81(65)73-70-57(42-43-75-73)59-44-49(38-41-66(59)83-70)79-60-28-12-7-22-51(60)52-23-8-13-29-61(52)79/h1-44H. The number of aromatic nitrogens is 8. The van der Waals surface area contributed by atoms with Gasteiger partial charge in [0.05, 0.1) is 48.8 Å². The lowest BCUT2D eigenvalue weighted by molar-refractivity contribution is 0.953. The Morgan fingerprint density at radius 2 is 0.807 bits per heavy atom. The molecule has 0 atom stereocenters. The molecule has 7 heterocycles. The van der Waals surface area contributed by atoms with Crippen LogP contribution >= 0.6 is 11.3 Å². The highest BCUT2D eigenvalue weighted by molar-refractivity contribution is 7.26. The van der Waals surface area contributed by atoms with Crippen LogP contribution in [0.2, 0.25) is 0 Å². The normalized spacial score (nSPS) is 12.1. The number of hydrogen-bond acceptors (Lipinski definition) is 5. The lowest BCUT2D eigenvalue weighted by atomic mass is 9.98. The summed E-state index contributed by atoms with van der Waals surface area (Å²) < 4.78 is 11.8. The van der Waals surface area contributed by atoms with E-state index in [-0.39, 0.29) is 0 Å². The van der Waals surface area contributed by atoms with Crippen LogP contribution < -0.4 is 0 Å². The predicted octanol–water partition coefficient (Wildman–Crippen LogP) is 19.0. The van der Waals surface area contributed by atoms with Gasteiger partial charge in [-0.05, 0) is 83.9 Å². The number of pyridine rings is 1. The molecule has 11 aromatic carbocycles. The maximum atomic E-state index is 5.47. The van der Waals surface area contributed by atoms with Gasteiger partial charge in [0, 0.05) is 87.3 Å². The highest BCUT2D eigenvalue weighted by Gasteiger charge is 2.25. The second-order valence-electron chi connectivity index (χ2n) is 21.3. The van der Waals surface area contributed by atoms with E-state index in [9.17, 15) is 0 Å². The van der Waals surface area contributed by atoms with Crippen molar-refractivity contribution in [2.45, 2.75) is 0 Å². The largest absolute Gasteiger partial charge is 0.309 e. The van der Waals surface area contributed by atoms with Crippen LogP contribution in [0, 0.1) is 0 Å². The molecule has 0 aliphatic heterocycles. The maximum Gasteiger partial charge on any atom is 0.238 e. The van der Waals surface area contributed by atoms with E-state index < -0.39 is 0 Å². The van der Waals surface area contributed by atoms with Gasteiger partial charge in [-0.2, -0.15) is 9.97 Å². The molecule has 0 N–H and O–H groups in total. The van der Waals surface area contributed by atoms with Gasteiger partial charge in [-0.25, -0.2) is 9.97 Å². The van der Waals surface area contributed by atoms with Crippen molar-refractivity contribution in [1.82, 2.24) is 38.2 Å². The van der Waals surface area contributed by atoms with E-state index in [0.717, 1.165) is 98.8 Å². The van der Waals surface area contributed by atoms with Crippen LogP contribution in [-0.4, -0.2) is 38.2 Å². The van der Waals surface area contributed by atoms with Gasteiger partial charge in [-0.3, -0.25) is 9.13 Å². The Balaban J connectivity index is 0.792. The van der Waals surface area contributed by atoms with Crippen LogP contribution in [-0.2, 0) is 0 Å². The molecular formula is C74H44N8S. The summed E-state index contributed by atoms with van der Waals surface area (Å²) in [6, 6.07) is 93.3. The second kappa shape index (κ2) is 17.7. The third-order valence-corrected chi connectivity index (χ3v) is 18.1. The van der Waals surface area contributed by atoms with Crippen molar-refractivity contribution in [2.75, 3.05) is 0 Å². The molecule has 9 heteroatoms. The van der Waals surface area contributed by atoms with Crippen LogP contribution in [0.25, 0.3) is 164 Å². The molecule has 0 aliphatic carbocycles. The van der Waals surface area contributed by atoms with Gasteiger partial charge in [-0.15, -0.1) is 11.3 Å². The molecule has 0 saturated carbocycles. The SMILES string of the molecule is c1ccc(-c2nc(-c3ccc(-c4cccc5c4c4ccccc4n5-c4nccc5c4sc4ccc(-n6c7ccccc7c7ccccc76)cc45)cc3)nc(-n3c4ccccc4c4ccc5c6ccccc6n(-c6ccccc6)c5c43)n2)cc1. The third-order valence-electron chi connectivity index (χ3n) is 16.9. The summed E-state index contributed by atoms with van der Waals surface area (Å²) >= 11 is 1.81. The van der Waals surface area contributed by atoms with E-state index in [4.69, 9.17) is 19.9 Å². The Morgan fingerprint density at radius 1 is 0.301 bits per heavy atom. The van der Waals surface area contributed by atoms with Gasteiger partial charge < -0.3 is 9.13 Å². The Kier molecular flexibility index (Phi) is 9.80. The highest BCUT2D eigenvalue weighted by atomic mass is 32.1. The van der Waals surface area contributed by atoms with Gasteiger partial charge >= 0.3 is 0 Å². The van der Waals surface area contributed by atoms with Crippen LogP contribution in [0.1, 0.15) is 0 Å². The summed E-state index contributed by atoms with van der Waals surface area (Å²) in [6.45, 7) is 0. The first kappa shape index (κ1) is 45.8. The Labute approximate surface area is 478 Å². The van der Waals surface area contributed by atoms with Crippen molar-refractivity contribution >= 4 is 119 Å². The monoisotopic (exact) mass is 1080 g/mol. The van der Waals surface area contributed by atoms with Gasteiger partial charge in [0.1, 0.15) is 0 Å². The molecule has 0 spiro atoms. The topological polar surface area (TPSA) is 71.3 Å². The lowest BCUT2D eigenvalue weighted by Crippen LogP contribution is -2.07. The Morgan fingerprint density at radius 3 is 1.46 bits per heavy atom. The smallest absolute Gasteiger partial charge is 0.238 e. The van der Waals surface area contributed by atoms with Crippen molar-refractivity contribution in [3.05, 3.63) is 267 Å². The Bertz CT molecular complexity index is 5640. The average Bonchev–Trinajstić information content (AvgIpc) is 2.34. The number of nitrogens with zero attached hydrogens (tertiary/aromatic N) is 8. The number of para-hydroxylation sites is 6. The summed E-state index contributed by atoms with van der Waals surface area (Å²) in [7, 11) is 0. The van der Waals surface area contributed by atoms with Crippen LogP contribution in [0.4, 0.5) is 0 Å². The van der Waals surface area contributed by atoms with Gasteiger partial charge in [-0.1, -0.05) is 188 Å². The number of fused-ring (bicyclic) bond motifs is 16. The van der Waals surface area contributed by atoms with E-state index in [1.807, 2.05) is 24.4 Å². The van der Waals surface area contributed by atoms with E-state index in [2.05, 4.69) is 261 Å². The molecule has 0 unspecified atom stereocenters. The molecule has 386 valence electrons. The van der Waals surface area contributed by atoms with Crippen molar-refractivity contribution in [1.29, 1.82) is 0 Å². The fourth-order valence-corrected chi connectivity index (χ4v) is 14.5. The van der Waals surface area contributed by atoms with Crippen molar-refractivity contribution in [2.24, 2.45) is 0 Å². The molecule has 0 amide bonds. The Hall–Kier alpha value is -11.0. The fourth-order valence-electron chi connectivity index (χ4n) is 13.3. The van der Waals surface area contributed by atoms with Crippen molar-refractivity contribution in [3.8, 4) is 57.0 Å². The zero-order valence-electron chi connectivity index (χ0n) is 44.4. The van der Waals surface area contributed by atoms with E-state index in [1.54, 1.807) is 11.3 Å². The van der Waals surface area contributed by atoms with Crippen molar-refractivity contribution in [3.63, 3.8) is 0 Å². The zero-order valence-corrected chi connectivity index (χ0v) is 45.2. The van der Waals surface area contributed by atoms with E-state index in [0.29, 0.717) is 17.6 Å². The molecule has 0 saturated heterocycles. The quantitative estimate of drug-likeness (QED) is 0.159. The first-order valence-corrected chi connectivity index (χ1v) is 28.8. The highest BCUT2D eigenvalue weighted by Crippen LogP contribution is 2.45. The molecular weight excluding hydrogens is 1030 g/mol. The summed E-state index contributed by atoms with van der Waals surface area (Å²) in [5, 5.41) is 11.8. The minimum absolute atomic E-state index is 0.546. The molecule has 18 rings (SSSR count). The molecule has 8 nitrogen and oxygen atoms in total. The second-order valence-corrected chi connectivity index (χ2v) is 22.4. The van der Waals surface area contributed by atoms with E-state index in [1.165, 1.54) is 48.1 Å². The maximum absolute atomic E-state index is 5.47. The molecule has 83 heavy (non-hydrogen) atoms. The zero-order chi connectivity index (χ0) is 54.3. The number of thiophene rings is 1. The molecule has 18 aromatic rings. The fraction of sp³-hybridized carbons (Fsp3) is 0. The first-order valence-electron chi connectivity index (χ1n) is 28.0. The van der Waals surface area contributed by atoms with Crippen LogP contribution in [0.3, 0.4) is 0 Å². The van der Waals surface area contributed by atoms with Crippen molar-refractivity contribution < 1.29 is 0 Å². The molecule has 0 radical (unpaired) electrons. The van der Waals surface area contributed by atoms with Gasteiger partial charge in [0.15, 0.2) is 17.5 Å². The molecule has 0 fully saturated rings. The molecule has 0 bridgehead atoms. The third kappa shape index (κ3) is 6.74. The number of rotatable bonds is 7. The first-order chi connectivity index (χ1) is 41.2. The molecule has 7 aromatic heterocycles. The van der Waals surface area contributed by atoms with Crippen LogP contribution in [0.15, 0.2) is 267 Å². The minimum Gasteiger partial charge on any atom is -0.309 e. The minimum atomic E-state index is 0.546. The summed E-state index contributed by atoms with van der Waals surface area (Å²) in [6.07, 6.45) is 1.97. The summed E-state index contributed by atoms with van der Waals surface area (Å²) in [5.74, 6) is 2.65. The predicted molar refractivity (Wildman–Crippen MR) is 344 cm³/mol. The number of hydrogen-bond donors (Lipinski definition) is 0. The van der Waals surface area contributed by atoms with Gasteiger partial charge in [0.2, 0.25) is 5.95 Å². The van der Waals surface area contributed by atoms with Crippen LogP contribution in [0.5, 0.6) is 0 Å². The van der Waals surface area contributed by atoms with E-state index >= 15 is 0 Å². The average molecular weight is 1080 g/mol. The van der Waals surface area contributed by atoms with Gasteiger partial charge in [0.25, 0.3) is 0 Å². The summed E-state index contributed by atoms with van der Waals surface area (Å²) in [4.78, 5) is 21.3. The lowest BCUT2D eigenvalue weighted by Gasteiger charge is -2.13.